The van der Waals surface area contributed by atoms with Crippen molar-refractivity contribution in [1.29, 1.82) is 0 Å². The third-order valence-corrected chi connectivity index (χ3v) is 18.4. The minimum absolute atomic E-state index is 0. The SMILES string of the molecule is Brc1oc2ccc3c(ccc4oc(Br)c(-c5ccccc5)c43)c2c1-c1ccccc1.C.CC(C)(C)c1ccc(-c2oc3ccc4c(ccc5oc(-c6ccc(C(C)(C)C)cc6)c(-c6ccccc6)c54)c3c2-c2ccccc2)cc1.CC(C)(C)c1ccc(B(O)O)cc1. The zero-order valence-electron chi connectivity index (χ0n) is 52.5. The van der Waals surface area contributed by atoms with Crippen molar-refractivity contribution < 1.29 is 27.7 Å². The van der Waals surface area contributed by atoms with Crippen LogP contribution in [0, 0.1) is 0 Å². The van der Waals surface area contributed by atoms with E-state index in [1.54, 1.807) is 12.1 Å². The van der Waals surface area contributed by atoms with Crippen molar-refractivity contribution >= 4 is 110 Å². The highest BCUT2D eigenvalue weighted by atomic mass is 79.9. The highest BCUT2D eigenvalue weighted by molar-refractivity contribution is 9.10. The van der Waals surface area contributed by atoms with E-state index in [1.165, 1.54) is 16.7 Å². The average Bonchev–Trinajstić information content (AvgIpc) is 1.56. The summed E-state index contributed by atoms with van der Waals surface area (Å²) in [7, 11) is -1.37. The Morgan fingerprint density at radius 3 is 0.804 bits per heavy atom. The summed E-state index contributed by atoms with van der Waals surface area (Å²) in [5, 5.41) is 26.7. The van der Waals surface area contributed by atoms with Gasteiger partial charge in [-0.25, -0.2) is 0 Å². The summed E-state index contributed by atoms with van der Waals surface area (Å²) in [5.74, 6) is 1.78. The van der Waals surface area contributed by atoms with Crippen LogP contribution in [0.5, 0.6) is 0 Å². The first-order chi connectivity index (χ1) is 43.7. The molecule has 0 unspecified atom stereocenters. The molecule has 4 heterocycles. The molecule has 0 amide bonds. The highest BCUT2D eigenvalue weighted by Gasteiger charge is 2.27. The number of hydrogen-bond acceptors (Lipinski definition) is 6. The Hall–Kier alpha value is -8.96. The van der Waals surface area contributed by atoms with Crippen LogP contribution in [0.2, 0.25) is 0 Å². The molecule has 0 aliphatic rings. The first-order valence-electron chi connectivity index (χ1n) is 30.8. The molecule has 0 radical (unpaired) electrons. The smallest absolute Gasteiger partial charge is 0.455 e. The Labute approximate surface area is 555 Å². The van der Waals surface area contributed by atoms with Crippen molar-refractivity contribution in [3.05, 3.63) is 269 Å². The van der Waals surface area contributed by atoms with Gasteiger partial charge in [-0.3, -0.25) is 0 Å². The zero-order valence-corrected chi connectivity index (χ0v) is 55.6. The summed E-state index contributed by atoms with van der Waals surface area (Å²) in [6.45, 7) is 19.9. The number of hydrogen-bond donors (Lipinski definition) is 2. The monoisotopic (exact) mass is 1330 g/mol. The summed E-state index contributed by atoms with van der Waals surface area (Å²) in [6.07, 6.45) is 0. The van der Waals surface area contributed by atoms with Gasteiger partial charge in [-0.05, 0) is 163 Å². The van der Waals surface area contributed by atoms with Crippen molar-refractivity contribution in [2.75, 3.05) is 0 Å². The average molecular weight is 1340 g/mol. The predicted molar refractivity (Wildman–Crippen MR) is 394 cm³/mol. The van der Waals surface area contributed by atoms with E-state index in [-0.39, 0.29) is 23.7 Å². The van der Waals surface area contributed by atoms with E-state index in [1.807, 2.05) is 60.7 Å². The molecule has 0 fully saturated rings. The van der Waals surface area contributed by atoms with Gasteiger partial charge in [-0.15, -0.1) is 0 Å². The van der Waals surface area contributed by atoms with Gasteiger partial charge in [0.2, 0.25) is 0 Å². The fraction of sp³-hybridized carbons (Fsp3) is 0.157. The maximum Gasteiger partial charge on any atom is 0.488 e. The van der Waals surface area contributed by atoms with Crippen LogP contribution >= 0.6 is 31.9 Å². The van der Waals surface area contributed by atoms with Gasteiger partial charge in [0.05, 0.1) is 0 Å². The van der Waals surface area contributed by atoms with E-state index in [0.717, 1.165) is 142 Å². The highest BCUT2D eigenvalue weighted by Crippen LogP contribution is 2.51. The molecule has 0 atom stereocenters. The zero-order chi connectivity index (χ0) is 63.5. The Kier molecular flexibility index (Phi) is 17.4. The van der Waals surface area contributed by atoms with Crippen LogP contribution in [0.25, 0.3) is 133 Å². The lowest BCUT2D eigenvalue weighted by molar-refractivity contribution is 0.425. The van der Waals surface area contributed by atoms with E-state index in [4.69, 9.17) is 27.7 Å². The van der Waals surface area contributed by atoms with Gasteiger partial charge in [0.1, 0.15) is 33.9 Å². The lowest BCUT2D eigenvalue weighted by Crippen LogP contribution is -2.29. The Balaban J connectivity index is 0.000000157. The van der Waals surface area contributed by atoms with Gasteiger partial charge in [0.15, 0.2) is 9.34 Å². The molecule has 458 valence electrons. The minimum Gasteiger partial charge on any atom is -0.455 e. The van der Waals surface area contributed by atoms with Crippen LogP contribution in [0.15, 0.2) is 270 Å². The quantitative estimate of drug-likeness (QED) is 0.154. The molecule has 11 aromatic carbocycles. The van der Waals surface area contributed by atoms with Crippen LogP contribution in [0.4, 0.5) is 0 Å². The van der Waals surface area contributed by atoms with Gasteiger partial charge in [-0.1, -0.05) is 264 Å². The predicted octanol–water partition coefficient (Wildman–Crippen LogP) is 24.1. The molecule has 2 N–H and O–H groups in total. The lowest BCUT2D eigenvalue weighted by Gasteiger charge is -2.19. The maximum absolute atomic E-state index is 8.87. The Morgan fingerprint density at radius 1 is 0.283 bits per heavy atom. The molecule has 0 aliphatic carbocycles. The fourth-order valence-electron chi connectivity index (χ4n) is 12.4. The standard InChI is InChI=1S/C46H40O2.C26H14Br2O2.C10H15BO2.CH4/c1-45(2,3)33-21-17-31(18-22-33)43-39(29-13-9-7-10-14-29)41-35-26-28-38-42(36(35)25-27-37(41)47-43)40(30-15-11-8-12-16-30)44(48-38)32-19-23-34(24-20-32)46(4,5)6;27-25-21(15-7-3-1-4-8-15)23-17-11-14-20-24(18(17)12-13-19(23)29-25)22(26(28)30-20)16-9-5-2-6-10-16;1-10(2,3)8-4-6-9(7-5-8)11(12)13;/h7-28H,1-6H3;1-14H;4-7,12-13H,1-3H3;1H4. The third-order valence-electron chi connectivity index (χ3n) is 17.3. The van der Waals surface area contributed by atoms with Gasteiger partial charge < -0.3 is 27.7 Å². The minimum atomic E-state index is -1.37. The molecule has 0 aliphatic heterocycles. The molecule has 6 nitrogen and oxygen atoms in total. The Morgan fingerprint density at radius 2 is 0.533 bits per heavy atom. The summed E-state index contributed by atoms with van der Waals surface area (Å²) < 4.78 is 27.2. The molecule has 0 spiro atoms. The van der Waals surface area contributed by atoms with Crippen LogP contribution in [-0.2, 0) is 16.2 Å². The maximum atomic E-state index is 8.87. The first-order valence-corrected chi connectivity index (χ1v) is 32.4. The summed E-state index contributed by atoms with van der Waals surface area (Å²) in [6, 6.07) is 84.0. The summed E-state index contributed by atoms with van der Waals surface area (Å²) in [5.41, 5.74) is 19.1. The van der Waals surface area contributed by atoms with Crippen LogP contribution in [-0.4, -0.2) is 17.2 Å². The molecule has 9 heteroatoms. The van der Waals surface area contributed by atoms with Crippen LogP contribution in [0.3, 0.4) is 0 Å². The van der Waals surface area contributed by atoms with Crippen molar-refractivity contribution in [3.63, 3.8) is 0 Å². The van der Waals surface area contributed by atoms with E-state index < -0.39 is 7.12 Å². The molecular formula is C83H73BBr2O6. The number of halogens is 2. The van der Waals surface area contributed by atoms with Crippen molar-refractivity contribution in [3.8, 4) is 67.2 Å². The topological polar surface area (TPSA) is 93.0 Å². The third kappa shape index (κ3) is 12.1. The summed E-state index contributed by atoms with van der Waals surface area (Å²) in [4.78, 5) is 0. The molecule has 92 heavy (non-hydrogen) atoms. The van der Waals surface area contributed by atoms with Crippen molar-refractivity contribution in [2.24, 2.45) is 0 Å². The normalized spacial score (nSPS) is 11.9. The fourth-order valence-corrected chi connectivity index (χ4v) is 13.6. The molecule has 0 saturated carbocycles. The molecule has 15 rings (SSSR count). The second kappa shape index (κ2) is 25.3. The number of fused-ring (bicyclic) bond motifs is 10. The second-order valence-electron chi connectivity index (χ2n) is 26.4. The Bertz CT molecular complexity index is 4810. The molecule has 15 aromatic rings. The largest absolute Gasteiger partial charge is 0.488 e. The summed E-state index contributed by atoms with van der Waals surface area (Å²) >= 11 is 7.29. The van der Waals surface area contributed by atoms with Crippen molar-refractivity contribution in [2.45, 2.75) is 86.0 Å². The van der Waals surface area contributed by atoms with E-state index in [2.05, 4.69) is 264 Å². The number of benzene rings is 11. The molecule has 0 saturated heterocycles. The van der Waals surface area contributed by atoms with E-state index in [9.17, 15) is 0 Å². The van der Waals surface area contributed by atoms with Crippen LogP contribution in [0.1, 0.15) is 86.4 Å². The van der Waals surface area contributed by atoms with Crippen LogP contribution < -0.4 is 5.46 Å². The first kappa shape index (κ1) is 63.2. The van der Waals surface area contributed by atoms with Gasteiger partial charge >= 0.3 is 7.12 Å². The molecule has 0 bridgehead atoms. The lowest BCUT2D eigenvalue weighted by atomic mass is 9.78. The second-order valence-corrected chi connectivity index (χ2v) is 27.9. The van der Waals surface area contributed by atoms with Gasteiger partial charge in [-0.2, -0.15) is 0 Å². The van der Waals surface area contributed by atoms with Gasteiger partial charge in [0.25, 0.3) is 0 Å². The number of rotatable bonds is 7. The van der Waals surface area contributed by atoms with Gasteiger partial charge in [0, 0.05) is 54.9 Å². The van der Waals surface area contributed by atoms with E-state index in [0.29, 0.717) is 5.46 Å². The van der Waals surface area contributed by atoms with E-state index >= 15 is 0 Å². The molecular weight excluding hydrogens is 1260 g/mol. The molecule has 4 aromatic heterocycles. The number of furan rings is 4. The van der Waals surface area contributed by atoms with Crippen molar-refractivity contribution in [1.82, 2.24) is 0 Å².